The smallest absolute Gasteiger partial charge is 0.145 e. The number of nitrogens with zero attached hydrogens (tertiary/aromatic N) is 1. The molecule has 1 aliphatic rings. The molecule has 1 aromatic carbocycles. The third-order valence-corrected chi connectivity index (χ3v) is 4.38. The molecule has 5 heteroatoms. The van der Waals surface area contributed by atoms with Crippen LogP contribution < -0.4 is 14.4 Å². The van der Waals surface area contributed by atoms with Crippen LogP contribution in [0.4, 0.5) is 5.69 Å². The first-order valence-corrected chi connectivity index (χ1v) is 7.08. The van der Waals surface area contributed by atoms with E-state index in [0.29, 0.717) is 35.3 Å². The third kappa shape index (κ3) is 2.57. The van der Waals surface area contributed by atoms with E-state index >= 15 is 0 Å². The summed E-state index contributed by atoms with van der Waals surface area (Å²) in [4.78, 5) is 14.0. The fourth-order valence-electron chi connectivity index (χ4n) is 2.61. The maximum atomic E-state index is 11.8. The molecule has 0 amide bonds. The molecule has 110 valence electrons. The van der Waals surface area contributed by atoms with Crippen molar-refractivity contribution in [3.8, 4) is 11.5 Å². The van der Waals surface area contributed by atoms with Gasteiger partial charge in [-0.05, 0) is 13.0 Å². The predicted molar refractivity (Wildman–Crippen MR) is 80.2 cm³/mol. The van der Waals surface area contributed by atoms with Crippen LogP contribution in [-0.4, -0.2) is 32.6 Å². The van der Waals surface area contributed by atoms with Crippen molar-refractivity contribution >= 4 is 23.1 Å². The monoisotopic (exact) mass is 297 g/mol. The molecule has 1 aliphatic heterocycles. The van der Waals surface area contributed by atoms with E-state index in [9.17, 15) is 4.79 Å². The van der Waals surface area contributed by atoms with Crippen molar-refractivity contribution in [3.63, 3.8) is 0 Å². The molecule has 2 unspecified atom stereocenters. The maximum absolute atomic E-state index is 11.8. The minimum atomic E-state index is 0.00864. The van der Waals surface area contributed by atoms with Gasteiger partial charge in [0.15, 0.2) is 0 Å². The lowest BCUT2D eigenvalue weighted by Gasteiger charge is -2.39. The Hall–Kier alpha value is -1.42. The van der Waals surface area contributed by atoms with Crippen LogP contribution >= 0.6 is 11.6 Å². The zero-order valence-electron chi connectivity index (χ0n) is 12.3. The Morgan fingerprint density at radius 3 is 2.45 bits per heavy atom. The summed E-state index contributed by atoms with van der Waals surface area (Å²) in [6.07, 6.45) is 0.554. The lowest BCUT2D eigenvalue weighted by atomic mass is 9.90. The molecule has 0 saturated carbocycles. The van der Waals surface area contributed by atoms with E-state index in [1.807, 2.05) is 13.0 Å². The highest BCUT2D eigenvalue weighted by Gasteiger charge is 2.32. The number of anilines is 1. The van der Waals surface area contributed by atoms with Crippen molar-refractivity contribution < 1.29 is 14.3 Å². The Kier molecular flexibility index (Phi) is 4.43. The molecule has 1 fully saturated rings. The summed E-state index contributed by atoms with van der Waals surface area (Å²) in [6.45, 7) is 4.71. The van der Waals surface area contributed by atoms with Crippen LogP contribution in [0.15, 0.2) is 12.1 Å². The van der Waals surface area contributed by atoms with E-state index in [4.69, 9.17) is 21.1 Å². The summed E-state index contributed by atoms with van der Waals surface area (Å²) in [5.74, 6) is 1.61. The van der Waals surface area contributed by atoms with Gasteiger partial charge in [0.1, 0.15) is 17.3 Å². The van der Waals surface area contributed by atoms with Crippen LogP contribution in [0.1, 0.15) is 20.3 Å². The number of ketones is 1. The van der Waals surface area contributed by atoms with Crippen LogP contribution in [0, 0.1) is 5.92 Å². The first-order chi connectivity index (χ1) is 9.49. The molecular formula is C15H20ClNO3. The van der Waals surface area contributed by atoms with Gasteiger partial charge in [0.2, 0.25) is 0 Å². The number of hydrogen-bond donors (Lipinski definition) is 0. The second kappa shape index (κ2) is 5.92. The molecule has 0 aromatic heterocycles. The van der Waals surface area contributed by atoms with E-state index in [1.54, 1.807) is 20.3 Å². The number of benzene rings is 1. The van der Waals surface area contributed by atoms with Crippen LogP contribution in [0.25, 0.3) is 0 Å². The van der Waals surface area contributed by atoms with Gasteiger partial charge in [-0.3, -0.25) is 4.79 Å². The van der Waals surface area contributed by atoms with E-state index in [0.717, 1.165) is 5.69 Å². The predicted octanol–water partition coefficient (Wildman–Crippen LogP) is 3.16. The molecule has 20 heavy (non-hydrogen) atoms. The highest BCUT2D eigenvalue weighted by Crippen LogP contribution is 2.40. The Labute approximate surface area is 124 Å². The normalized spacial score (nSPS) is 22.9. The Morgan fingerprint density at radius 2 is 1.85 bits per heavy atom. The zero-order chi connectivity index (χ0) is 14.9. The van der Waals surface area contributed by atoms with E-state index in [-0.39, 0.29) is 12.0 Å². The fraction of sp³-hybridized carbons (Fsp3) is 0.533. The number of carbonyl (C=O) groups excluding carboxylic acids is 1. The van der Waals surface area contributed by atoms with Crippen molar-refractivity contribution in [3.05, 3.63) is 17.2 Å². The van der Waals surface area contributed by atoms with Crippen molar-refractivity contribution in [2.24, 2.45) is 5.92 Å². The summed E-state index contributed by atoms with van der Waals surface area (Å²) < 4.78 is 10.7. The number of methoxy groups -OCH3 is 2. The highest BCUT2D eigenvalue weighted by molar-refractivity contribution is 6.32. The molecule has 1 heterocycles. The average molecular weight is 298 g/mol. The van der Waals surface area contributed by atoms with Gasteiger partial charge in [0.25, 0.3) is 0 Å². The average Bonchev–Trinajstić information content (AvgIpc) is 2.45. The highest BCUT2D eigenvalue weighted by atomic mass is 35.5. The topological polar surface area (TPSA) is 38.8 Å². The molecule has 0 radical (unpaired) electrons. The van der Waals surface area contributed by atoms with Gasteiger partial charge < -0.3 is 14.4 Å². The molecule has 4 nitrogen and oxygen atoms in total. The van der Waals surface area contributed by atoms with Crippen molar-refractivity contribution in [2.75, 3.05) is 25.7 Å². The van der Waals surface area contributed by atoms with Crippen LogP contribution in [0.5, 0.6) is 11.5 Å². The maximum Gasteiger partial charge on any atom is 0.145 e. The van der Waals surface area contributed by atoms with Gasteiger partial charge >= 0.3 is 0 Å². The minimum absolute atomic E-state index is 0.00864. The molecular weight excluding hydrogens is 278 g/mol. The lowest BCUT2D eigenvalue weighted by molar-refractivity contribution is -0.123. The van der Waals surface area contributed by atoms with Gasteiger partial charge in [-0.15, -0.1) is 0 Å². The Bertz CT molecular complexity index is 518. The number of Topliss-reactive ketones (excluding diaryl/α,β-unsaturated/α-hetero) is 1. The quantitative estimate of drug-likeness (QED) is 0.859. The van der Waals surface area contributed by atoms with E-state index in [2.05, 4.69) is 11.8 Å². The molecule has 0 spiro atoms. The first kappa shape index (κ1) is 15.0. The van der Waals surface area contributed by atoms with Gasteiger partial charge in [-0.1, -0.05) is 18.5 Å². The standard InChI is InChI=1S/C15H20ClNO3/c1-9-10(2)17(6-5-13(9)18)12-7-11(16)14(19-3)8-15(12)20-4/h7-10H,5-6H2,1-4H3. The van der Waals surface area contributed by atoms with Crippen LogP contribution in [-0.2, 0) is 4.79 Å². The minimum Gasteiger partial charge on any atom is -0.495 e. The van der Waals surface area contributed by atoms with Gasteiger partial charge in [-0.25, -0.2) is 0 Å². The summed E-state index contributed by atoms with van der Waals surface area (Å²) in [5, 5.41) is 0.542. The summed E-state index contributed by atoms with van der Waals surface area (Å²) in [5.41, 5.74) is 0.908. The Morgan fingerprint density at radius 1 is 1.20 bits per heavy atom. The molecule has 0 aliphatic carbocycles. The molecule has 1 saturated heterocycles. The molecule has 0 N–H and O–H groups in total. The number of carbonyl (C=O) groups is 1. The first-order valence-electron chi connectivity index (χ1n) is 6.70. The Balaban J connectivity index is 2.41. The number of halogens is 1. The van der Waals surface area contributed by atoms with E-state index < -0.39 is 0 Å². The molecule has 1 aromatic rings. The summed E-state index contributed by atoms with van der Waals surface area (Å²) in [6, 6.07) is 3.75. The summed E-state index contributed by atoms with van der Waals surface area (Å²) in [7, 11) is 3.19. The molecule has 0 bridgehead atoms. The van der Waals surface area contributed by atoms with Crippen LogP contribution in [0.3, 0.4) is 0 Å². The summed E-state index contributed by atoms with van der Waals surface area (Å²) >= 11 is 6.22. The number of rotatable bonds is 3. The SMILES string of the molecule is COc1cc(OC)c(N2CCC(=O)C(C)C2C)cc1Cl. The van der Waals surface area contributed by atoms with Gasteiger partial charge in [-0.2, -0.15) is 0 Å². The van der Waals surface area contributed by atoms with Crippen molar-refractivity contribution in [1.29, 1.82) is 0 Å². The molecule has 2 rings (SSSR count). The fourth-order valence-corrected chi connectivity index (χ4v) is 2.84. The number of hydrogen-bond acceptors (Lipinski definition) is 4. The zero-order valence-corrected chi connectivity index (χ0v) is 13.0. The molecule has 2 atom stereocenters. The second-order valence-electron chi connectivity index (χ2n) is 5.10. The number of ether oxygens (including phenoxy) is 2. The van der Waals surface area contributed by atoms with Crippen molar-refractivity contribution in [2.45, 2.75) is 26.3 Å². The second-order valence-corrected chi connectivity index (χ2v) is 5.50. The third-order valence-electron chi connectivity index (χ3n) is 4.08. The van der Waals surface area contributed by atoms with Gasteiger partial charge in [0.05, 0.1) is 24.9 Å². The van der Waals surface area contributed by atoms with E-state index in [1.165, 1.54) is 0 Å². The van der Waals surface area contributed by atoms with Crippen LogP contribution in [0.2, 0.25) is 5.02 Å². The largest absolute Gasteiger partial charge is 0.495 e. The number of piperidine rings is 1. The lowest BCUT2D eigenvalue weighted by Crippen LogP contribution is -2.47. The van der Waals surface area contributed by atoms with Gasteiger partial charge in [0, 0.05) is 31.0 Å². The van der Waals surface area contributed by atoms with Crippen molar-refractivity contribution in [1.82, 2.24) is 0 Å².